The molecule has 0 saturated carbocycles. The summed E-state index contributed by atoms with van der Waals surface area (Å²) in [6.07, 6.45) is 0. The number of nitrogens with two attached hydrogens (primary N) is 1. The first-order valence-corrected chi connectivity index (χ1v) is 2.83. The number of hydrogen-bond acceptors (Lipinski definition) is 3. The zero-order valence-electron chi connectivity index (χ0n) is 5.77. The molecule has 0 radical (unpaired) electrons. The Morgan fingerprint density at radius 1 is 1.67 bits per heavy atom. The van der Waals surface area contributed by atoms with E-state index in [9.17, 15) is 4.79 Å². The standard InChI is InChI=1S/C5H13N3O/c1-7-3-4(8-2)5(6)9/h4,7-8H,3H2,1-2H3,(H2,6,9)/t4-/m1/s1. The molecule has 4 heteroatoms. The van der Waals surface area contributed by atoms with Crippen LogP contribution in [-0.2, 0) is 4.79 Å². The van der Waals surface area contributed by atoms with Crippen LogP contribution in [-0.4, -0.2) is 32.6 Å². The molecule has 1 atom stereocenters. The van der Waals surface area contributed by atoms with Crippen molar-refractivity contribution in [2.24, 2.45) is 5.73 Å². The van der Waals surface area contributed by atoms with Gasteiger partial charge in [-0.2, -0.15) is 0 Å². The monoisotopic (exact) mass is 131 g/mol. The Bertz CT molecular complexity index is 94.2. The van der Waals surface area contributed by atoms with Crippen LogP contribution in [0.25, 0.3) is 0 Å². The first-order valence-electron chi connectivity index (χ1n) is 2.83. The second-order valence-electron chi connectivity index (χ2n) is 1.80. The van der Waals surface area contributed by atoms with Crippen molar-refractivity contribution in [2.45, 2.75) is 6.04 Å². The highest BCUT2D eigenvalue weighted by Gasteiger charge is 2.09. The predicted molar refractivity (Wildman–Crippen MR) is 36.0 cm³/mol. The van der Waals surface area contributed by atoms with E-state index >= 15 is 0 Å². The average Bonchev–Trinajstić information content (AvgIpc) is 1.82. The summed E-state index contributed by atoms with van der Waals surface area (Å²) in [4.78, 5) is 10.4. The summed E-state index contributed by atoms with van der Waals surface area (Å²) >= 11 is 0. The molecule has 0 aliphatic carbocycles. The molecule has 4 nitrogen and oxygen atoms in total. The average molecular weight is 131 g/mol. The summed E-state index contributed by atoms with van der Waals surface area (Å²) in [6.45, 7) is 0.575. The minimum atomic E-state index is -0.327. The Labute approximate surface area is 54.8 Å². The van der Waals surface area contributed by atoms with Gasteiger partial charge in [-0.3, -0.25) is 4.79 Å². The highest BCUT2D eigenvalue weighted by Crippen LogP contribution is 1.74. The van der Waals surface area contributed by atoms with Crippen molar-refractivity contribution < 1.29 is 4.79 Å². The third kappa shape index (κ3) is 3.05. The van der Waals surface area contributed by atoms with Crippen LogP contribution in [0.1, 0.15) is 0 Å². The van der Waals surface area contributed by atoms with Gasteiger partial charge >= 0.3 is 0 Å². The van der Waals surface area contributed by atoms with Gasteiger partial charge in [0.05, 0.1) is 6.04 Å². The lowest BCUT2D eigenvalue weighted by Gasteiger charge is -2.09. The number of likely N-dealkylation sites (N-methyl/N-ethyl adjacent to an activating group) is 2. The molecule has 0 spiro atoms. The van der Waals surface area contributed by atoms with Crippen molar-refractivity contribution in [3.05, 3.63) is 0 Å². The van der Waals surface area contributed by atoms with Gasteiger partial charge in [0, 0.05) is 6.54 Å². The van der Waals surface area contributed by atoms with E-state index in [1.165, 1.54) is 0 Å². The van der Waals surface area contributed by atoms with Gasteiger partial charge in [0.25, 0.3) is 0 Å². The fourth-order valence-electron chi connectivity index (χ4n) is 0.549. The number of carbonyl (C=O) groups is 1. The molecule has 0 aliphatic heterocycles. The van der Waals surface area contributed by atoms with Gasteiger partial charge in [-0.25, -0.2) is 0 Å². The molecule has 0 bridgehead atoms. The van der Waals surface area contributed by atoms with Crippen LogP contribution in [0.15, 0.2) is 0 Å². The smallest absolute Gasteiger partial charge is 0.235 e. The highest BCUT2D eigenvalue weighted by atomic mass is 16.1. The molecule has 0 aromatic heterocycles. The van der Waals surface area contributed by atoms with E-state index in [4.69, 9.17) is 5.73 Å². The summed E-state index contributed by atoms with van der Waals surface area (Å²) in [7, 11) is 3.47. The molecule has 9 heavy (non-hydrogen) atoms. The zero-order chi connectivity index (χ0) is 7.28. The number of hydrogen-bond donors (Lipinski definition) is 3. The molecule has 54 valence electrons. The summed E-state index contributed by atoms with van der Waals surface area (Å²) < 4.78 is 0. The highest BCUT2D eigenvalue weighted by molar-refractivity contribution is 5.80. The van der Waals surface area contributed by atoms with E-state index in [0.29, 0.717) is 6.54 Å². The molecule has 0 rings (SSSR count). The lowest BCUT2D eigenvalue weighted by Crippen LogP contribution is -2.45. The summed E-state index contributed by atoms with van der Waals surface area (Å²) in [5, 5.41) is 5.60. The van der Waals surface area contributed by atoms with E-state index in [1.54, 1.807) is 14.1 Å². The maximum absolute atomic E-state index is 10.4. The van der Waals surface area contributed by atoms with Crippen molar-refractivity contribution in [3.8, 4) is 0 Å². The Kier molecular flexibility index (Phi) is 4.00. The molecular formula is C5H13N3O. The maximum atomic E-state index is 10.4. The van der Waals surface area contributed by atoms with E-state index in [2.05, 4.69) is 10.6 Å². The third-order valence-corrected chi connectivity index (χ3v) is 1.10. The third-order valence-electron chi connectivity index (χ3n) is 1.10. The molecule has 1 amide bonds. The maximum Gasteiger partial charge on any atom is 0.235 e. The molecule has 0 heterocycles. The lowest BCUT2D eigenvalue weighted by atomic mass is 10.3. The van der Waals surface area contributed by atoms with Gasteiger partial charge in [0.15, 0.2) is 0 Å². The molecular weight excluding hydrogens is 118 g/mol. The van der Waals surface area contributed by atoms with Crippen molar-refractivity contribution >= 4 is 5.91 Å². The van der Waals surface area contributed by atoms with Gasteiger partial charge in [-0.05, 0) is 14.1 Å². The largest absolute Gasteiger partial charge is 0.368 e. The SMILES string of the molecule is CNC[C@@H](NC)C(N)=O. The van der Waals surface area contributed by atoms with Crippen LogP contribution < -0.4 is 16.4 Å². The molecule has 0 saturated heterocycles. The van der Waals surface area contributed by atoms with Crippen molar-refractivity contribution in [2.75, 3.05) is 20.6 Å². The zero-order valence-corrected chi connectivity index (χ0v) is 5.77. The lowest BCUT2D eigenvalue weighted by molar-refractivity contribution is -0.119. The minimum absolute atomic E-state index is 0.255. The fourth-order valence-corrected chi connectivity index (χ4v) is 0.549. The Morgan fingerprint density at radius 3 is 2.33 bits per heavy atom. The number of rotatable bonds is 4. The first-order chi connectivity index (χ1) is 4.22. The second kappa shape index (κ2) is 4.29. The van der Waals surface area contributed by atoms with Gasteiger partial charge < -0.3 is 16.4 Å². The van der Waals surface area contributed by atoms with Gasteiger partial charge in [-0.15, -0.1) is 0 Å². The van der Waals surface area contributed by atoms with Crippen molar-refractivity contribution in [3.63, 3.8) is 0 Å². The molecule has 0 aromatic carbocycles. The Hall–Kier alpha value is -0.610. The number of carbonyl (C=O) groups excluding carboxylic acids is 1. The number of nitrogens with one attached hydrogen (secondary N) is 2. The van der Waals surface area contributed by atoms with Crippen LogP contribution in [0.5, 0.6) is 0 Å². The predicted octanol–water partition coefficient (Wildman–Crippen LogP) is -1.72. The fraction of sp³-hybridized carbons (Fsp3) is 0.800. The molecule has 0 fully saturated rings. The van der Waals surface area contributed by atoms with E-state index in [0.717, 1.165) is 0 Å². The molecule has 4 N–H and O–H groups in total. The van der Waals surface area contributed by atoms with Crippen LogP contribution in [0.2, 0.25) is 0 Å². The Morgan fingerprint density at radius 2 is 2.22 bits per heavy atom. The van der Waals surface area contributed by atoms with Crippen molar-refractivity contribution in [1.29, 1.82) is 0 Å². The van der Waals surface area contributed by atoms with Crippen LogP contribution in [0.4, 0.5) is 0 Å². The molecule has 0 unspecified atom stereocenters. The number of primary amides is 1. The van der Waals surface area contributed by atoms with E-state index < -0.39 is 0 Å². The minimum Gasteiger partial charge on any atom is -0.368 e. The van der Waals surface area contributed by atoms with E-state index in [-0.39, 0.29) is 11.9 Å². The Balaban J connectivity index is 3.54. The second-order valence-corrected chi connectivity index (χ2v) is 1.80. The molecule has 0 aliphatic rings. The normalized spacial score (nSPS) is 13.1. The van der Waals surface area contributed by atoms with E-state index in [1.807, 2.05) is 0 Å². The number of amides is 1. The van der Waals surface area contributed by atoms with Crippen molar-refractivity contribution in [1.82, 2.24) is 10.6 Å². The van der Waals surface area contributed by atoms with Gasteiger partial charge in [-0.1, -0.05) is 0 Å². The van der Waals surface area contributed by atoms with Crippen LogP contribution in [0.3, 0.4) is 0 Å². The van der Waals surface area contributed by atoms with Crippen LogP contribution >= 0.6 is 0 Å². The summed E-state index contributed by atoms with van der Waals surface area (Å²) in [5.74, 6) is -0.327. The first kappa shape index (κ1) is 8.39. The summed E-state index contributed by atoms with van der Waals surface area (Å²) in [6, 6.07) is -0.255. The molecule has 0 aromatic rings. The summed E-state index contributed by atoms with van der Waals surface area (Å²) in [5.41, 5.74) is 4.99. The van der Waals surface area contributed by atoms with Gasteiger partial charge in [0.1, 0.15) is 0 Å². The topological polar surface area (TPSA) is 67.2 Å². The van der Waals surface area contributed by atoms with Crippen LogP contribution in [0, 0.1) is 0 Å². The quantitative estimate of drug-likeness (QED) is 0.425. The van der Waals surface area contributed by atoms with Gasteiger partial charge in [0.2, 0.25) is 5.91 Å².